The van der Waals surface area contributed by atoms with E-state index in [0.29, 0.717) is 38.1 Å². The van der Waals surface area contributed by atoms with E-state index in [4.69, 9.17) is 5.11 Å². The fraction of sp³-hybridized carbons (Fsp3) is 0.619. The van der Waals surface area contributed by atoms with Crippen LogP contribution >= 0.6 is 0 Å². The number of rotatable bonds is 4. The van der Waals surface area contributed by atoms with E-state index in [9.17, 15) is 9.59 Å². The summed E-state index contributed by atoms with van der Waals surface area (Å²) in [6.07, 6.45) is 4.85. The van der Waals surface area contributed by atoms with E-state index in [1.807, 2.05) is 0 Å². The predicted molar refractivity (Wildman–Crippen MR) is 97.5 cm³/mol. The molecule has 1 aromatic rings. The minimum Gasteiger partial charge on any atom is -0.481 e. The molecule has 1 saturated carbocycles. The molecule has 1 aromatic carbocycles. The van der Waals surface area contributed by atoms with Crippen LogP contribution in [-0.2, 0) is 15.0 Å². The van der Waals surface area contributed by atoms with Crippen LogP contribution in [0.25, 0.3) is 0 Å². The monoisotopic (exact) mass is 343 g/mol. The average molecular weight is 343 g/mol. The van der Waals surface area contributed by atoms with E-state index in [2.05, 4.69) is 43.4 Å². The maximum atomic E-state index is 12.5. The molecule has 0 spiro atoms. The minimum atomic E-state index is -0.722. The molecule has 1 amide bonds. The molecule has 0 radical (unpaired) electrons. The number of nitrogens with one attached hydrogen (secondary N) is 1. The molecule has 25 heavy (non-hydrogen) atoms. The van der Waals surface area contributed by atoms with E-state index in [1.54, 1.807) is 0 Å². The van der Waals surface area contributed by atoms with Gasteiger partial charge in [0.1, 0.15) is 0 Å². The van der Waals surface area contributed by atoms with Crippen molar-refractivity contribution < 1.29 is 14.7 Å². The largest absolute Gasteiger partial charge is 0.481 e. The van der Waals surface area contributed by atoms with Crippen molar-refractivity contribution in [2.45, 2.75) is 63.7 Å². The summed E-state index contributed by atoms with van der Waals surface area (Å²) in [5.41, 5.74) is 2.97. The first kappa shape index (κ1) is 18.0. The number of carbonyl (C=O) groups is 2. The van der Waals surface area contributed by atoms with E-state index in [0.717, 1.165) is 12.8 Å². The Balaban J connectivity index is 1.57. The van der Waals surface area contributed by atoms with Crippen molar-refractivity contribution in [3.05, 3.63) is 35.4 Å². The van der Waals surface area contributed by atoms with Gasteiger partial charge in [-0.2, -0.15) is 0 Å². The molecule has 4 nitrogen and oxygen atoms in total. The third-order valence-electron chi connectivity index (χ3n) is 6.22. The summed E-state index contributed by atoms with van der Waals surface area (Å²) in [7, 11) is 0. The van der Waals surface area contributed by atoms with Crippen molar-refractivity contribution in [3.63, 3.8) is 0 Å². The summed E-state index contributed by atoms with van der Waals surface area (Å²) in [6, 6.07) is 8.60. The van der Waals surface area contributed by atoms with Crippen molar-refractivity contribution in [2.24, 2.45) is 11.8 Å². The maximum absolute atomic E-state index is 12.5. The summed E-state index contributed by atoms with van der Waals surface area (Å²) >= 11 is 0. The number of benzene rings is 1. The highest BCUT2D eigenvalue weighted by atomic mass is 16.4. The summed E-state index contributed by atoms with van der Waals surface area (Å²) in [5, 5.41) is 12.2. The smallest absolute Gasteiger partial charge is 0.306 e. The van der Waals surface area contributed by atoms with Crippen molar-refractivity contribution in [1.82, 2.24) is 5.32 Å². The highest BCUT2D eigenvalue weighted by Gasteiger charge is 2.33. The van der Waals surface area contributed by atoms with Gasteiger partial charge < -0.3 is 10.4 Å². The molecule has 3 rings (SSSR count). The lowest BCUT2D eigenvalue weighted by Crippen LogP contribution is -2.38. The highest BCUT2D eigenvalue weighted by Crippen LogP contribution is 2.42. The van der Waals surface area contributed by atoms with Gasteiger partial charge in [0.25, 0.3) is 0 Å². The van der Waals surface area contributed by atoms with Gasteiger partial charge in [-0.1, -0.05) is 38.1 Å². The third kappa shape index (κ3) is 3.88. The van der Waals surface area contributed by atoms with Gasteiger partial charge >= 0.3 is 5.97 Å². The lowest BCUT2D eigenvalue weighted by atomic mass is 9.69. The Bertz CT molecular complexity index is 644. The standard InChI is InChI=1S/C21H29NO3/c1-21(2)12-11-16(17-5-3-4-6-18(17)21)13-22-19(23)14-7-9-15(10-8-14)20(24)25/h3-6,14-16H,7-13H2,1-2H3,(H,22,23)(H,24,25). The Morgan fingerprint density at radius 2 is 1.72 bits per heavy atom. The zero-order valence-electron chi connectivity index (χ0n) is 15.3. The second kappa shape index (κ2) is 7.19. The van der Waals surface area contributed by atoms with Crippen molar-refractivity contribution in [3.8, 4) is 0 Å². The van der Waals surface area contributed by atoms with Gasteiger partial charge in [0, 0.05) is 18.4 Å². The zero-order chi connectivity index (χ0) is 18.0. The summed E-state index contributed by atoms with van der Waals surface area (Å²) < 4.78 is 0. The molecule has 0 saturated heterocycles. The summed E-state index contributed by atoms with van der Waals surface area (Å²) in [6.45, 7) is 5.27. The molecule has 4 heteroatoms. The second-order valence-electron chi connectivity index (χ2n) is 8.34. The minimum absolute atomic E-state index is 0.0223. The number of fused-ring (bicyclic) bond motifs is 1. The van der Waals surface area contributed by atoms with Gasteiger partial charge in [-0.3, -0.25) is 9.59 Å². The van der Waals surface area contributed by atoms with Crippen LogP contribution in [0.5, 0.6) is 0 Å². The molecule has 1 atom stereocenters. The van der Waals surface area contributed by atoms with Crippen LogP contribution in [-0.4, -0.2) is 23.5 Å². The molecule has 0 heterocycles. The number of carboxylic acid groups (broad SMARTS) is 1. The quantitative estimate of drug-likeness (QED) is 0.873. The van der Waals surface area contributed by atoms with Crippen molar-refractivity contribution in [1.29, 1.82) is 0 Å². The zero-order valence-corrected chi connectivity index (χ0v) is 15.3. The van der Waals surface area contributed by atoms with E-state index >= 15 is 0 Å². The first-order valence-corrected chi connectivity index (χ1v) is 9.48. The first-order valence-electron chi connectivity index (χ1n) is 9.48. The molecule has 2 aliphatic carbocycles. The predicted octanol–water partition coefficient (Wildman–Crippen LogP) is 3.85. The third-order valence-corrected chi connectivity index (χ3v) is 6.22. The Kier molecular flexibility index (Phi) is 5.16. The first-order chi connectivity index (χ1) is 11.9. The molecule has 136 valence electrons. The number of hydrogen-bond acceptors (Lipinski definition) is 2. The van der Waals surface area contributed by atoms with Crippen LogP contribution in [0.15, 0.2) is 24.3 Å². The molecule has 0 aliphatic heterocycles. The molecular weight excluding hydrogens is 314 g/mol. The van der Waals surface area contributed by atoms with Gasteiger partial charge in [-0.15, -0.1) is 0 Å². The second-order valence-corrected chi connectivity index (χ2v) is 8.34. The lowest BCUT2D eigenvalue weighted by Gasteiger charge is -2.37. The van der Waals surface area contributed by atoms with Gasteiger partial charge in [0.2, 0.25) is 5.91 Å². The van der Waals surface area contributed by atoms with Crippen molar-refractivity contribution in [2.75, 3.05) is 6.54 Å². The van der Waals surface area contributed by atoms with Crippen LogP contribution < -0.4 is 5.32 Å². The van der Waals surface area contributed by atoms with Crippen molar-refractivity contribution >= 4 is 11.9 Å². The summed E-state index contributed by atoms with van der Waals surface area (Å²) in [5.74, 6) is -0.530. The molecule has 0 bridgehead atoms. The number of amides is 1. The fourth-order valence-corrected chi connectivity index (χ4v) is 4.48. The van der Waals surface area contributed by atoms with Gasteiger partial charge in [-0.05, 0) is 55.1 Å². The number of carboxylic acids is 1. The van der Waals surface area contributed by atoms with E-state index in [1.165, 1.54) is 11.1 Å². The molecule has 1 unspecified atom stereocenters. The van der Waals surface area contributed by atoms with Gasteiger partial charge in [0.05, 0.1) is 5.92 Å². The Hall–Kier alpha value is -1.84. The van der Waals surface area contributed by atoms with Crippen LogP contribution in [0.3, 0.4) is 0 Å². The average Bonchev–Trinajstić information content (AvgIpc) is 2.61. The summed E-state index contributed by atoms with van der Waals surface area (Å²) in [4.78, 5) is 23.5. The van der Waals surface area contributed by atoms with E-state index in [-0.39, 0.29) is 23.2 Å². The Morgan fingerprint density at radius 1 is 1.08 bits per heavy atom. The van der Waals surface area contributed by atoms with Crippen LogP contribution in [0, 0.1) is 11.8 Å². The number of aliphatic carboxylic acids is 1. The number of carbonyl (C=O) groups excluding carboxylic acids is 1. The molecule has 0 aromatic heterocycles. The Morgan fingerprint density at radius 3 is 2.40 bits per heavy atom. The highest BCUT2D eigenvalue weighted by molar-refractivity contribution is 5.79. The molecular formula is C21H29NO3. The van der Waals surface area contributed by atoms with Crippen LogP contribution in [0.1, 0.15) is 69.4 Å². The van der Waals surface area contributed by atoms with E-state index < -0.39 is 5.97 Å². The molecule has 2 aliphatic rings. The van der Waals surface area contributed by atoms with Gasteiger partial charge in [0.15, 0.2) is 0 Å². The normalized spacial score (nSPS) is 28.0. The van der Waals surface area contributed by atoms with Gasteiger partial charge in [-0.25, -0.2) is 0 Å². The Labute approximate surface area is 150 Å². The molecule has 1 fully saturated rings. The lowest BCUT2D eigenvalue weighted by molar-refractivity contribution is -0.144. The topological polar surface area (TPSA) is 66.4 Å². The fourth-order valence-electron chi connectivity index (χ4n) is 4.48. The maximum Gasteiger partial charge on any atom is 0.306 e. The molecule has 2 N–H and O–H groups in total. The van der Waals surface area contributed by atoms with Crippen LogP contribution in [0.4, 0.5) is 0 Å². The van der Waals surface area contributed by atoms with Crippen LogP contribution in [0.2, 0.25) is 0 Å². The number of hydrogen-bond donors (Lipinski definition) is 2. The SMILES string of the molecule is CC1(C)CCC(CNC(=O)C2CCC(C(=O)O)CC2)c2ccccc21.